The van der Waals surface area contributed by atoms with Crippen molar-refractivity contribution in [1.29, 1.82) is 0 Å². The van der Waals surface area contributed by atoms with Gasteiger partial charge in [-0.3, -0.25) is 4.79 Å². The summed E-state index contributed by atoms with van der Waals surface area (Å²) in [5.74, 6) is -0.0242. The fourth-order valence-electron chi connectivity index (χ4n) is 2.49. The number of carbonyl (C=O) groups is 1. The minimum Gasteiger partial charge on any atom is -0.360 e. The summed E-state index contributed by atoms with van der Waals surface area (Å²) in [6, 6.07) is 5.23. The van der Waals surface area contributed by atoms with E-state index in [-0.39, 0.29) is 18.0 Å². The third kappa shape index (κ3) is 3.60. The molecule has 1 heterocycles. The van der Waals surface area contributed by atoms with E-state index in [4.69, 9.17) is 4.52 Å². The predicted molar refractivity (Wildman–Crippen MR) is 82.6 cm³/mol. The van der Waals surface area contributed by atoms with Gasteiger partial charge >= 0.3 is 6.18 Å². The van der Waals surface area contributed by atoms with Gasteiger partial charge in [0, 0.05) is 19.5 Å². The van der Waals surface area contributed by atoms with Crippen LogP contribution in [0.25, 0.3) is 0 Å². The molecule has 130 valence electrons. The first-order chi connectivity index (χ1) is 11.1. The second-order valence-corrected chi connectivity index (χ2v) is 5.98. The van der Waals surface area contributed by atoms with Gasteiger partial charge in [-0.1, -0.05) is 37.2 Å². The summed E-state index contributed by atoms with van der Waals surface area (Å²) >= 11 is 0. The Balaban J connectivity index is 2.30. The number of nitrogens with zero attached hydrogens (tertiary/aromatic N) is 2. The van der Waals surface area contributed by atoms with Crippen molar-refractivity contribution >= 4 is 5.91 Å². The van der Waals surface area contributed by atoms with Crippen LogP contribution in [0.15, 0.2) is 28.8 Å². The highest BCUT2D eigenvalue weighted by atomic mass is 19.4. The van der Waals surface area contributed by atoms with Crippen molar-refractivity contribution in [2.45, 2.75) is 39.4 Å². The Morgan fingerprint density at radius 3 is 2.50 bits per heavy atom. The molecule has 0 bridgehead atoms. The molecule has 0 fully saturated rings. The van der Waals surface area contributed by atoms with E-state index in [1.165, 1.54) is 30.1 Å². The zero-order valence-electron chi connectivity index (χ0n) is 13.9. The Labute approximate surface area is 138 Å². The van der Waals surface area contributed by atoms with Gasteiger partial charge in [0.2, 0.25) is 0 Å². The highest BCUT2D eigenvalue weighted by Crippen LogP contribution is 2.32. The molecule has 1 aromatic heterocycles. The summed E-state index contributed by atoms with van der Waals surface area (Å²) in [5.41, 5.74) is 0.0495. The normalized spacial score (nSPS) is 11.8. The lowest BCUT2D eigenvalue weighted by atomic mass is 10.0. The maximum absolute atomic E-state index is 13.1. The Bertz CT molecular complexity index is 736. The maximum Gasteiger partial charge on any atom is 0.416 e. The minimum atomic E-state index is -4.46. The number of hydrogen-bond acceptors (Lipinski definition) is 3. The minimum absolute atomic E-state index is 0.0426. The van der Waals surface area contributed by atoms with Crippen molar-refractivity contribution in [1.82, 2.24) is 10.1 Å². The van der Waals surface area contributed by atoms with Gasteiger partial charge in [0.1, 0.15) is 5.56 Å². The molecule has 0 radical (unpaired) electrons. The number of hydrogen-bond donors (Lipinski definition) is 0. The van der Waals surface area contributed by atoms with Gasteiger partial charge < -0.3 is 9.42 Å². The number of aryl methyl sites for hydroxylation is 1. The third-order valence-electron chi connectivity index (χ3n) is 3.70. The Hall–Kier alpha value is -2.31. The van der Waals surface area contributed by atoms with Crippen LogP contribution in [0.2, 0.25) is 0 Å². The Morgan fingerprint density at radius 2 is 1.92 bits per heavy atom. The summed E-state index contributed by atoms with van der Waals surface area (Å²) < 4.78 is 44.4. The van der Waals surface area contributed by atoms with Crippen LogP contribution in [0.1, 0.15) is 52.7 Å². The molecule has 7 heteroatoms. The van der Waals surface area contributed by atoms with Gasteiger partial charge in [-0.05, 0) is 18.6 Å². The van der Waals surface area contributed by atoms with Crippen LogP contribution in [0.3, 0.4) is 0 Å². The number of halogens is 3. The first-order valence-electron chi connectivity index (χ1n) is 7.49. The molecule has 0 unspecified atom stereocenters. The molecule has 0 spiro atoms. The lowest BCUT2D eigenvalue weighted by Crippen LogP contribution is -2.28. The van der Waals surface area contributed by atoms with Gasteiger partial charge in [-0.25, -0.2) is 0 Å². The quantitative estimate of drug-likeness (QED) is 0.829. The average Bonchev–Trinajstić information content (AvgIpc) is 2.87. The lowest BCUT2D eigenvalue weighted by Gasteiger charge is -2.20. The Kier molecular flexibility index (Phi) is 5.01. The fraction of sp³-hybridized carbons (Fsp3) is 0.412. The molecule has 1 amide bonds. The number of rotatable bonds is 4. The highest BCUT2D eigenvalue weighted by Gasteiger charge is 2.34. The van der Waals surface area contributed by atoms with Crippen molar-refractivity contribution in [3.05, 3.63) is 52.4 Å². The fourth-order valence-corrected chi connectivity index (χ4v) is 2.49. The third-order valence-corrected chi connectivity index (χ3v) is 3.70. The number of alkyl halides is 3. The molecular weight excluding hydrogens is 321 g/mol. The maximum atomic E-state index is 13.1. The summed E-state index contributed by atoms with van der Waals surface area (Å²) in [6.07, 6.45) is -4.46. The molecule has 4 nitrogen and oxygen atoms in total. The zero-order valence-corrected chi connectivity index (χ0v) is 13.9. The molecule has 0 atom stereocenters. The van der Waals surface area contributed by atoms with Crippen LogP contribution in [-0.2, 0) is 12.7 Å². The standard InChI is InChI=1S/C17H19F3N2O2/c1-10(2)15-14(11(3)21-24-15)16(23)22(4)9-12-7-5-6-8-13(12)17(18,19)20/h5-8,10H,9H2,1-4H3. The van der Waals surface area contributed by atoms with Crippen molar-refractivity contribution in [2.75, 3.05) is 7.05 Å². The first kappa shape index (κ1) is 18.0. The summed E-state index contributed by atoms with van der Waals surface area (Å²) in [7, 11) is 1.46. The van der Waals surface area contributed by atoms with Crippen molar-refractivity contribution in [3.63, 3.8) is 0 Å². The Morgan fingerprint density at radius 1 is 1.29 bits per heavy atom. The zero-order chi connectivity index (χ0) is 18.1. The van der Waals surface area contributed by atoms with Crippen LogP contribution >= 0.6 is 0 Å². The topological polar surface area (TPSA) is 46.3 Å². The summed E-state index contributed by atoms with van der Waals surface area (Å²) in [5, 5.41) is 3.80. The van der Waals surface area contributed by atoms with E-state index in [1.54, 1.807) is 6.92 Å². The van der Waals surface area contributed by atoms with Crippen molar-refractivity contribution in [3.8, 4) is 0 Å². The van der Waals surface area contributed by atoms with Crippen LogP contribution < -0.4 is 0 Å². The molecule has 0 aliphatic heterocycles. The van der Waals surface area contributed by atoms with E-state index in [0.717, 1.165) is 6.07 Å². The predicted octanol–water partition coefficient (Wildman–Crippen LogP) is 4.40. The average molecular weight is 340 g/mol. The molecule has 0 aliphatic rings. The summed E-state index contributed by atoms with van der Waals surface area (Å²) in [6.45, 7) is 5.20. The van der Waals surface area contributed by atoms with Crippen LogP contribution in [0.4, 0.5) is 13.2 Å². The molecule has 24 heavy (non-hydrogen) atoms. The smallest absolute Gasteiger partial charge is 0.360 e. The van der Waals surface area contributed by atoms with E-state index in [9.17, 15) is 18.0 Å². The van der Waals surface area contributed by atoms with Crippen molar-refractivity contribution in [2.24, 2.45) is 0 Å². The number of amides is 1. The first-order valence-corrected chi connectivity index (χ1v) is 7.49. The van der Waals surface area contributed by atoms with Crippen molar-refractivity contribution < 1.29 is 22.5 Å². The number of aromatic nitrogens is 1. The van der Waals surface area contributed by atoms with Crippen LogP contribution in [-0.4, -0.2) is 23.0 Å². The van der Waals surface area contributed by atoms with Crippen LogP contribution in [0, 0.1) is 6.92 Å². The monoisotopic (exact) mass is 340 g/mol. The molecule has 0 N–H and O–H groups in total. The van der Waals surface area contributed by atoms with E-state index in [2.05, 4.69) is 5.16 Å². The molecule has 0 aliphatic carbocycles. The number of benzene rings is 1. The molecule has 1 aromatic carbocycles. The molecule has 0 saturated heterocycles. The van der Waals surface area contributed by atoms with E-state index in [0.29, 0.717) is 17.0 Å². The van der Waals surface area contributed by atoms with E-state index < -0.39 is 17.6 Å². The number of carbonyl (C=O) groups excluding carboxylic acids is 1. The van der Waals surface area contributed by atoms with Gasteiger partial charge in [0.25, 0.3) is 5.91 Å². The molecule has 0 saturated carbocycles. The lowest BCUT2D eigenvalue weighted by molar-refractivity contribution is -0.138. The van der Waals surface area contributed by atoms with E-state index in [1.807, 2.05) is 13.8 Å². The van der Waals surface area contributed by atoms with Gasteiger partial charge in [-0.15, -0.1) is 0 Å². The van der Waals surface area contributed by atoms with Gasteiger partial charge in [-0.2, -0.15) is 13.2 Å². The highest BCUT2D eigenvalue weighted by molar-refractivity contribution is 5.96. The molecule has 2 rings (SSSR count). The largest absolute Gasteiger partial charge is 0.416 e. The second kappa shape index (κ2) is 6.67. The molecule has 2 aromatic rings. The van der Waals surface area contributed by atoms with Gasteiger partial charge in [0.05, 0.1) is 11.3 Å². The van der Waals surface area contributed by atoms with Gasteiger partial charge in [0.15, 0.2) is 5.76 Å². The second-order valence-electron chi connectivity index (χ2n) is 5.98. The van der Waals surface area contributed by atoms with Crippen LogP contribution in [0.5, 0.6) is 0 Å². The summed E-state index contributed by atoms with van der Waals surface area (Å²) in [4.78, 5) is 13.9. The SMILES string of the molecule is Cc1noc(C(C)C)c1C(=O)N(C)Cc1ccccc1C(F)(F)F. The van der Waals surface area contributed by atoms with E-state index >= 15 is 0 Å². The molecular formula is C17H19F3N2O2.